The highest BCUT2D eigenvalue weighted by molar-refractivity contribution is 6.05. The molecular weight excluding hydrogens is 318 g/mol. The van der Waals surface area contributed by atoms with E-state index in [-0.39, 0.29) is 30.1 Å². The average molecular weight is 343 g/mol. The fraction of sp³-hybridized carbons (Fsp3) is 0.579. The van der Waals surface area contributed by atoms with Gasteiger partial charge in [-0.2, -0.15) is 0 Å². The van der Waals surface area contributed by atoms with Gasteiger partial charge in [-0.1, -0.05) is 30.3 Å². The number of urea groups is 1. The molecule has 25 heavy (non-hydrogen) atoms. The molecule has 6 nitrogen and oxygen atoms in total. The van der Waals surface area contributed by atoms with Crippen LogP contribution in [-0.4, -0.2) is 71.1 Å². The van der Waals surface area contributed by atoms with Crippen LogP contribution in [0.2, 0.25) is 0 Å². The lowest BCUT2D eigenvalue weighted by Crippen LogP contribution is -2.44. The maximum Gasteiger partial charge on any atom is 0.327 e. The van der Waals surface area contributed by atoms with E-state index in [9.17, 15) is 9.59 Å². The third kappa shape index (κ3) is 2.83. The number of ether oxygens (including phenoxy) is 1. The van der Waals surface area contributed by atoms with Crippen LogP contribution in [-0.2, 0) is 16.1 Å². The Labute approximate surface area is 148 Å². The van der Waals surface area contributed by atoms with Gasteiger partial charge in [0.1, 0.15) is 6.04 Å². The van der Waals surface area contributed by atoms with Gasteiger partial charge in [0.2, 0.25) is 0 Å². The summed E-state index contributed by atoms with van der Waals surface area (Å²) in [4.78, 5) is 31.2. The summed E-state index contributed by atoms with van der Waals surface area (Å²) in [6, 6.07) is 10.2. The lowest BCUT2D eigenvalue weighted by atomic mass is 10.1. The van der Waals surface area contributed by atoms with Gasteiger partial charge in [-0.05, 0) is 18.9 Å². The monoisotopic (exact) mass is 343 g/mol. The minimum Gasteiger partial charge on any atom is -0.380 e. The van der Waals surface area contributed by atoms with Crippen LogP contribution in [0.4, 0.5) is 4.79 Å². The second kappa shape index (κ2) is 6.42. The van der Waals surface area contributed by atoms with E-state index in [1.807, 2.05) is 18.2 Å². The van der Waals surface area contributed by atoms with Crippen LogP contribution in [0.3, 0.4) is 0 Å². The normalized spacial score (nSPS) is 32.7. The number of fused-ring (bicyclic) bond motifs is 1. The largest absolute Gasteiger partial charge is 0.380 e. The average Bonchev–Trinajstić information content (AvgIpc) is 3.25. The van der Waals surface area contributed by atoms with Crippen molar-refractivity contribution in [3.63, 3.8) is 0 Å². The number of methoxy groups -OCH3 is 1. The first-order valence-electron chi connectivity index (χ1n) is 9.03. The molecule has 134 valence electrons. The zero-order valence-electron chi connectivity index (χ0n) is 14.8. The molecule has 1 aromatic rings. The molecular formula is C19H25N3O3. The molecule has 0 radical (unpaired) electrons. The van der Waals surface area contributed by atoms with Crippen molar-refractivity contribution in [2.75, 3.05) is 20.2 Å². The summed E-state index contributed by atoms with van der Waals surface area (Å²) in [5.74, 6) is -0.0386. The molecule has 3 fully saturated rings. The van der Waals surface area contributed by atoms with Crippen LogP contribution in [0.25, 0.3) is 0 Å². The van der Waals surface area contributed by atoms with Crippen LogP contribution in [0, 0.1) is 0 Å². The van der Waals surface area contributed by atoms with Gasteiger partial charge in [0, 0.05) is 39.2 Å². The van der Waals surface area contributed by atoms with Gasteiger partial charge in [-0.15, -0.1) is 0 Å². The van der Waals surface area contributed by atoms with E-state index in [1.54, 1.807) is 12.0 Å². The third-order valence-electron chi connectivity index (χ3n) is 5.85. The van der Waals surface area contributed by atoms with E-state index in [0.717, 1.165) is 19.5 Å². The van der Waals surface area contributed by atoms with Crippen molar-refractivity contribution in [2.45, 2.75) is 50.5 Å². The smallest absolute Gasteiger partial charge is 0.327 e. The molecule has 3 saturated heterocycles. The zero-order chi connectivity index (χ0) is 17.6. The molecule has 0 aliphatic carbocycles. The topological polar surface area (TPSA) is 53.1 Å². The SMILES string of the molecule is CO[C@@H]1C[C@@H]2C(=O)N([C@@H]3C[C@@H](C)N(Cc4ccccc4)C3)C(=O)N2C1. The molecule has 1 aromatic carbocycles. The quantitative estimate of drug-likeness (QED) is 0.781. The number of carbonyl (C=O) groups is 2. The molecule has 0 N–H and O–H groups in total. The van der Waals surface area contributed by atoms with Crippen LogP contribution in [0.15, 0.2) is 30.3 Å². The number of rotatable bonds is 4. The second-order valence-corrected chi connectivity index (χ2v) is 7.41. The summed E-state index contributed by atoms with van der Waals surface area (Å²) >= 11 is 0. The molecule has 0 aromatic heterocycles. The Morgan fingerprint density at radius 2 is 1.88 bits per heavy atom. The highest BCUT2D eigenvalue weighted by Gasteiger charge is 2.53. The zero-order valence-corrected chi connectivity index (χ0v) is 14.8. The van der Waals surface area contributed by atoms with E-state index in [2.05, 4.69) is 24.0 Å². The molecule has 3 heterocycles. The van der Waals surface area contributed by atoms with Gasteiger partial charge in [0.05, 0.1) is 12.1 Å². The van der Waals surface area contributed by atoms with Crippen molar-refractivity contribution in [1.29, 1.82) is 0 Å². The summed E-state index contributed by atoms with van der Waals surface area (Å²) in [6.07, 6.45) is 1.45. The molecule has 4 rings (SSSR count). The minimum absolute atomic E-state index is 0.0165. The lowest BCUT2D eigenvalue weighted by Gasteiger charge is -2.24. The molecule has 3 amide bonds. The molecule has 0 unspecified atom stereocenters. The van der Waals surface area contributed by atoms with E-state index >= 15 is 0 Å². The Morgan fingerprint density at radius 3 is 2.56 bits per heavy atom. The number of carbonyl (C=O) groups excluding carboxylic acids is 2. The van der Waals surface area contributed by atoms with E-state index < -0.39 is 0 Å². The summed E-state index contributed by atoms with van der Waals surface area (Å²) in [5, 5.41) is 0. The molecule has 6 heteroatoms. The lowest BCUT2D eigenvalue weighted by molar-refractivity contribution is -0.129. The van der Waals surface area contributed by atoms with Crippen molar-refractivity contribution in [1.82, 2.24) is 14.7 Å². The summed E-state index contributed by atoms with van der Waals surface area (Å²) in [5.41, 5.74) is 1.26. The van der Waals surface area contributed by atoms with Gasteiger partial charge < -0.3 is 9.64 Å². The number of imide groups is 1. The summed E-state index contributed by atoms with van der Waals surface area (Å²) in [6.45, 7) is 4.31. The fourth-order valence-electron chi connectivity index (χ4n) is 4.44. The van der Waals surface area contributed by atoms with Crippen LogP contribution in [0.1, 0.15) is 25.3 Å². The highest BCUT2D eigenvalue weighted by atomic mass is 16.5. The van der Waals surface area contributed by atoms with Gasteiger partial charge in [0.25, 0.3) is 5.91 Å². The Morgan fingerprint density at radius 1 is 1.12 bits per heavy atom. The first-order valence-corrected chi connectivity index (χ1v) is 9.03. The van der Waals surface area contributed by atoms with Crippen LogP contribution in [0.5, 0.6) is 0 Å². The number of nitrogens with zero attached hydrogens (tertiary/aromatic N) is 3. The van der Waals surface area contributed by atoms with E-state index in [0.29, 0.717) is 19.0 Å². The highest BCUT2D eigenvalue weighted by Crippen LogP contribution is 2.33. The standard InChI is InChI=1S/C19H25N3O3/c1-13-8-15(11-20(13)10-14-6-4-3-5-7-14)22-18(23)17-9-16(25-2)12-21(17)19(22)24/h3-7,13,15-17H,8-12H2,1-2H3/t13-,15-,16-,17-/m1/s1. The molecule has 0 spiro atoms. The Kier molecular flexibility index (Phi) is 4.25. The summed E-state index contributed by atoms with van der Waals surface area (Å²) in [7, 11) is 1.64. The maximum absolute atomic E-state index is 12.8. The summed E-state index contributed by atoms with van der Waals surface area (Å²) < 4.78 is 5.33. The Balaban J connectivity index is 1.45. The van der Waals surface area contributed by atoms with Gasteiger partial charge >= 0.3 is 6.03 Å². The van der Waals surface area contributed by atoms with Gasteiger partial charge in [-0.3, -0.25) is 14.6 Å². The number of benzene rings is 1. The number of likely N-dealkylation sites (tertiary alicyclic amines) is 1. The first kappa shape index (κ1) is 16.5. The minimum atomic E-state index is -0.323. The maximum atomic E-state index is 12.8. The molecule has 0 saturated carbocycles. The van der Waals surface area contributed by atoms with Gasteiger partial charge in [0.15, 0.2) is 0 Å². The fourth-order valence-corrected chi connectivity index (χ4v) is 4.44. The Hall–Kier alpha value is -1.92. The molecule has 0 bridgehead atoms. The van der Waals surface area contributed by atoms with Crippen molar-refractivity contribution >= 4 is 11.9 Å². The molecule has 3 aliphatic heterocycles. The molecule has 3 aliphatic rings. The third-order valence-corrected chi connectivity index (χ3v) is 5.85. The predicted octanol–water partition coefficient (Wildman–Crippen LogP) is 1.70. The number of hydrogen-bond acceptors (Lipinski definition) is 4. The van der Waals surface area contributed by atoms with Crippen molar-refractivity contribution in [2.24, 2.45) is 0 Å². The van der Waals surface area contributed by atoms with Gasteiger partial charge in [-0.25, -0.2) is 4.79 Å². The number of hydrogen-bond donors (Lipinski definition) is 0. The van der Waals surface area contributed by atoms with Crippen LogP contribution < -0.4 is 0 Å². The Bertz CT molecular complexity index is 641. The van der Waals surface area contributed by atoms with Crippen LogP contribution >= 0.6 is 0 Å². The molecule has 4 atom stereocenters. The number of amides is 3. The predicted molar refractivity (Wildman–Crippen MR) is 92.9 cm³/mol. The second-order valence-electron chi connectivity index (χ2n) is 7.41. The van der Waals surface area contributed by atoms with Crippen molar-refractivity contribution < 1.29 is 14.3 Å². The van der Waals surface area contributed by atoms with Crippen molar-refractivity contribution in [3.05, 3.63) is 35.9 Å². The van der Waals surface area contributed by atoms with E-state index in [4.69, 9.17) is 4.74 Å². The van der Waals surface area contributed by atoms with Crippen molar-refractivity contribution in [3.8, 4) is 0 Å². The first-order chi connectivity index (χ1) is 12.1. The van der Waals surface area contributed by atoms with E-state index in [1.165, 1.54) is 10.5 Å².